The lowest BCUT2D eigenvalue weighted by atomic mass is 9.86. The van der Waals surface area contributed by atoms with Crippen LogP contribution < -0.4 is 0 Å². The maximum absolute atomic E-state index is 11.7. The number of H-pyrrole nitrogens is 1. The molecular weight excluding hydrogens is 292 g/mol. The molecule has 2 unspecified atom stereocenters. The van der Waals surface area contributed by atoms with Crippen LogP contribution in [0.5, 0.6) is 0 Å². The zero-order valence-corrected chi connectivity index (χ0v) is 12.9. The van der Waals surface area contributed by atoms with Gasteiger partial charge in [-0.3, -0.25) is 14.9 Å². The number of rotatable bonds is 5. The fourth-order valence-corrected chi connectivity index (χ4v) is 3.38. The number of carbonyl (C=O) groups is 1. The van der Waals surface area contributed by atoms with E-state index in [9.17, 15) is 14.9 Å². The van der Waals surface area contributed by atoms with Crippen LogP contribution in [0.3, 0.4) is 0 Å². The lowest BCUT2D eigenvalue weighted by Gasteiger charge is -2.20. The molecule has 1 N–H and O–H groups in total. The van der Waals surface area contributed by atoms with Gasteiger partial charge in [0.25, 0.3) is 0 Å². The van der Waals surface area contributed by atoms with Crippen molar-refractivity contribution in [2.45, 2.75) is 37.5 Å². The largest absolute Gasteiger partial charge is 0.361 e. The van der Waals surface area contributed by atoms with E-state index < -0.39 is 0 Å². The Morgan fingerprint density at radius 2 is 2.00 bits per heavy atom. The highest BCUT2D eigenvalue weighted by molar-refractivity contribution is 5.80. The summed E-state index contributed by atoms with van der Waals surface area (Å²) in [6.07, 6.45) is 3.18. The number of hydrogen-bond acceptors (Lipinski definition) is 3. The van der Waals surface area contributed by atoms with Crippen molar-refractivity contribution in [2.24, 2.45) is 0 Å². The molecule has 0 saturated heterocycles. The highest BCUT2D eigenvalue weighted by Crippen LogP contribution is 2.32. The second kappa shape index (κ2) is 6.77. The molecule has 2 aromatic rings. The molecule has 2 atom stereocenters. The van der Waals surface area contributed by atoms with Gasteiger partial charge in [0.1, 0.15) is 5.78 Å². The fourth-order valence-electron chi connectivity index (χ4n) is 3.38. The Morgan fingerprint density at radius 3 is 2.70 bits per heavy atom. The molecule has 0 aliphatic heterocycles. The first kappa shape index (κ1) is 15.5. The molecule has 3 rings (SSSR count). The minimum absolute atomic E-state index is 0.145. The van der Waals surface area contributed by atoms with Crippen LogP contribution in [0, 0.1) is 10.1 Å². The summed E-state index contributed by atoms with van der Waals surface area (Å²) in [5.41, 5.74) is 2.80. The van der Waals surface area contributed by atoms with Gasteiger partial charge in [-0.2, -0.15) is 0 Å². The highest BCUT2D eigenvalue weighted by Gasteiger charge is 2.25. The van der Waals surface area contributed by atoms with E-state index in [2.05, 4.69) is 4.98 Å². The van der Waals surface area contributed by atoms with Crippen molar-refractivity contribution >= 4 is 5.78 Å². The third kappa shape index (κ3) is 3.67. The van der Waals surface area contributed by atoms with Crippen molar-refractivity contribution in [3.05, 3.63) is 69.5 Å². The van der Waals surface area contributed by atoms with Gasteiger partial charge in [0, 0.05) is 35.1 Å². The molecule has 1 saturated carbocycles. The normalized spacial score (nSPS) is 19.5. The van der Waals surface area contributed by atoms with Gasteiger partial charge in [0.15, 0.2) is 0 Å². The van der Waals surface area contributed by atoms with Gasteiger partial charge in [-0.25, -0.2) is 0 Å². The molecule has 1 aliphatic carbocycles. The van der Waals surface area contributed by atoms with Crippen LogP contribution in [-0.2, 0) is 4.79 Å². The van der Waals surface area contributed by atoms with Gasteiger partial charge in [-0.1, -0.05) is 30.3 Å². The van der Waals surface area contributed by atoms with Gasteiger partial charge in [0.2, 0.25) is 6.54 Å². The zero-order chi connectivity index (χ0) is 16.2. The first-order valence-electron chi connectivity index (χ1n) is 8.00. The SMILES string of the molecule is O=C1CCCC(c2ccc(C(C[N+](=O)[O-])c3ccccc3)[nH]2)C1. The molecule has 1 aromatic heterocycles. The molecule has 1 fully saturated rings. The highest BCUT2D eigenvalue weighted by atomic mass is 16.6. The van der Waals surface area contributed by atoms with Gasteiger partial charge in [-0.05, 0) is 30.5 Å². The molecule has 5 heteroatoms. The number of nitrogens with one attached hydrogen (secondary N) is 1. The third-order valence-corrected chi connectivity index (χ3v) is 4.56. The number of nitro groups is 1. The monoisotopic (exact) mass is 312 g/mol. The predicted octanol–water partition coefficient (Wildman–Crippen LogP) is 3.65. The maximum Gasteiger partial charge on any atom is 0.216 e. The summed E-state index contributed by atoms with van der Waals surface area (Å²) < 4.78 is 0. The van der Waals surface area contributed by atoms with E-state index in [0.29, 0.717) is 18.6 Å². The number of hydrogen-bond donors (Lipinski definition) is 1. The summed E-state index contributed by atoms with van der Waals surface area (Å²) in [7, 11) is 0. The molecule has 0 amide bonds. The number of aromatic nitrogens is 1. The van der Waals surface area contributed by atoms with Crippen molar-refractivity contribution in [3.8, 4) is 0 Å². The van der Waals surface area contributed by atoms with Crippen LogP contribution >= 0.6 is 0 Å². The average molecular weight is 312 g/mol. The van der Waals surface area contributed by atoms with Crippen LogP contribution in [0.25, 0.3) is 0 Å². The van der Waals surface area contributed by atoms with E-state index in [1.54, 1.807) is 0 Å². The summed E-state index contributed by atoms with van der Waals surface area (Å²) in [5.74, 6) is 0.235. The average Bonchev–Trinajstić information content (AvgIpc) is 3.03. The lowest BCUT2D eigenvalue weighted by Crippen LogP contribution is -2.16. The van der Waals surface area contributed by atoms with E-state index >= 15 is 0 Å². The van der Waals surface area contributed by atoms with Crippen molar-refractivity contribution in [3.63, 3.8) is 0 Å². The molecule has 0 radical (unpaired) electrons. The van der Waals surface area contributed by atoms with Crippen LogP contribution in [-0.4, -0.2) is 22.2 Å². The van der Waals surface area contributed by atoms with E-state index in [0.717, 1.165) is 29.8 Å². The van der Waals surface area contributed by atoms with E-state index in [1.807, 2.05) is 42.5 Å². The Morgan fingerprint density at radius 1 is 1.22 bits per heavy atom. The number of Topliss-reactive ketones (excluding diaryl/α,β-unsaturated/α-hetero) is 1. The Hall–Kier alpha value is -2.43. The minimum atomic E-state index is -0.292. The maximum atomic E-state index is 11.7. The fraction of sp³-hybridized carbons (Fsp3) is 0.389. The van der Waals surface area contributed by atoms with Gasteiger partial charge in [-0.15, -0.1) is 0 Å². The Kier molecular flexibility index (Phi) is 4.55. The van der Waals surface area contributed by atoms with E-state index in [4.69, 9.17) is 0 Å². The Bertz CT molecular complexity index is 693. The summed E-state index contributed by atoms with van der Waals surface area (Å²) in [6.45, 7) is -0.145. The first-order chi connectivity index (χ1) is 11.1. The van der Waals surface area contributed by atoms with Crippen LogP contribution in [0.4, 0.5) is 0 Å². The number of carbonyl (C=O) groups excluding carboxylic acids is 1. The van der Waals surface area contributed by atoms with Crippen molar-refractivity contribution in [1.82, 2.24) is 4.98 Å². The zero-order valence-electron chi connectivity index (χ0n) is 12.9. The smallest absolute Gasteiger partial charge is 0.216 e. The van der Waals surface area contributed by atoms with Gasteiger partial charge < -0.3 is 4.98 Å². The van der Waals surface area contributed by atoms with Crippen molar-refractivity contribution < 1.29 is 9.72 Å². The van der Waals surface area contributed by atoms with E-state index in [1.165, 1.54) is 0 Å². The molecule has 23 heavy (non-hydrogen) atoms. The number of benzene rings is 1. The second-order valence-corrected chi connectivity index (χ2v) is 6.18. The summed E-state index contributed by atoms with van der Waals surface area (Å²) >= 11 is 0. The molecule has 1 aliphatic rings. The molecule has 0 bridgehead atoms. The van der Waals surface area contributed by atoms with Crippen molar-refractivity contribution in [2.75, 3.05) is 6.54 Å². The van der Waals surface area contributed by atoms with E-state index in [-0.39, 0.29) is 23.3 Å². The van der Waals surface area contributed by atoms with Crippen LogP contribution in [0.15, 0.2) is 42.5 Å². The molecule has 0 spiro atoms. The number of nitrogens with zero attached hydrogens (tertiary/aromatic N) is 1. The van der Waals surface area contributed by atoms with Gasteiger partial charge >= 0.3 is 0 Å². The molecule has 5 nitrogen and oxygen atoms in total. The Balaban J connectivity index is 1.85. The predicted molar refractivity (Wildman–Crippen MR) is 87.2 cm³/mol. The van der Waals surface area contributed by atoms with Crippen LogP contribution in [0.1, 0.15) is 54.5 Å². The first-order valence-corrected chi connectivity index (χ1v) is 8.00. The molecule has 1 heterocycles. The summed E-state index contributed by atoms with van der Waals surface area (Å²) in [5, 5.41) is 11.1. The minimum Gasteiger partial charge on any atom is -0.361 e. The molecule has 1 aromatic carbocycles. The van der Waals surface area contributed by atoms with Crippen LogP contribution in [0.2, 0.25) is 0 Å². The van der Waals surface area contributed by atoms with Crippen molar-refractivity contribution in [1.29, 1.82) is 0 Å². The third-order valence-electron chi connectivity index (χ3n) is 4.56. The lowest BCUT2D eigenvalue weighted by molar-refractivity contribution is -0.481. The second-order valence-electron chi connectivity index (χ2n) is 6.18. The Labute approximate surface area is 134 Å². The summed E-state index contributed by atoms with van der Waals surface area (Å²) in [4.78, 5) is 25.8. The molecular formula is C18H20N2O3. The van der Waals surface area contributed by atoms with Gasteiger partial charge in [0.05, 0.1) is 5.92 Å². The summed E-state index contributed by atoms with van der Waals surface area (Å²) in [6, 6.07) is 13.4. The quantitative estimate of drug-likeness (QED) is 0.676. The number of ketones is 1. The standard InChI is InChI=1S/C18H20N2O3/c21-15-8-4-7-14(11-15)17-9-10-18(19-17)16(12-20(22)23)13-5-2-1-3-6-13/h1-3,5-6,9-10,14,16,19H,4,7-8,11-12H2. The topological polar surface area (TPSA) is 76.0 Å². The number of aromatic amines is 1. The molecule has 120 valence electrons.